The van der Waals surface area contributed by atoms with Gasteiger partial charge in [-0.1, -0.05) is 6.07 Å². The van der Waals surface area contributed by atoms with Crippen molar-refractivity contribution in [2.45, 2.75) is 18.8 Å². The monoisotopic (exact) mass is 402 g/mol. The van der Waals surface area contributed by atoms with Crippen LogP contribution in [-0.4, -0.2) is 26.1 Å². The van der Waals surface area contributed by atoms with Crippen molar-refractivity contribution in [3.8, 4) is 0 Å². The average molecular weight is 402 g/mol. The number of anilines is 1. The van der Waals surface area contributed by atoms with Crippen LogP contribution in [0.15, 0.2) is 67.1 Å². The van der Waals surface area contributed by atoms with Crippen molar-refractivity contribution in [3.05, 3.63) is 83.9 Å². The number of fused-ring (bicyclic) bond motifs is 1. The molecule has 4 nitrogen and oxygen atoms in total. The van der Waals surface area contributed by atoms with Crippen molar-refractivity contribution in [3.63, 3.8) is 0 Å². The molecule has 1 aliphatic rings. The van der Waals surface area contributed by atoms with Crippen LogP contribution in [0.25, 0.3) is 0 Å². The van der Waals surface area contributed by atoms with Gasteiger partial charge in [-0.15, -0.1) is 0 Å². The quantitative estimate of drug-likeness (QED) is 0.630. The molecule has 1 unspecified atom stereocenters. The Bertz CT molecular complexity index is 967. The number of hydrogen-bond acceptors (Lipinski definition) is 2. The SMILES string of the molecule is FC(F)(F)c1ccc(NC(=S)N2CCn3cccc3C2c2cccnc2)cc1. The lowest BCUT2D eigenvalue weighted by atomic mass is 10.0. The van der Waals surface area contributed by atoms with Crippen LogP contribution in [0.2, 0.25) is 0 Å². The molecule has 1 atom stereocenters. The summed E-state index contributed by atoms with van der Waals surface area (Å²) in [4.78, 5) is 6.26. The highest BCUT2D eigenvalue weighted by atomic mass is 32.1. The van der Waals surface area contributed by atoms with Gasteiger partial charge in [-0.3, -0.25) is 4.98 Å². The fourth-order valence-corrected chi connectivity index (χ4v) is 3.74. The molecule has 0 saturated carbocycles. The number of aromatic nitrogens is 2. The Hall–Kier alpha value is -2.87. The molecule has 1 aromatic carbocycles. The standard InChI is InChI=1S/C20H17F3N4S/c21-20(22,23)15-5-7-16(8-6-15)25-19(28)27-12-11-26-10-2-4-17(26)18(27)14-3-1-9-24-13-14/h1-10,13,18H,11-12H2,(H,25,28). The van der Waals surface area contributed by atoms with Crippen LogP contribution in [0.4, 0.5) is 18.9 Å². The number of nitrogens with one attached hydrogen (secondary N) is 1. The zero-order chi connectivity index (χ0) is 19.7. The van der Waals surface area contributed by atoms with E-state index in [9.17, 15) is 13.2 Å². The molecule has 3 aromatic rings. The van der Waals surface area contributed by atoms with E-state index in [0.717, 1.165) is 29.9 Å². The van der Waals surface area contributed by atoms with E-state index in [1.165, 1.54) is 12.1 Å². The Morgan fingerprint density at radius 1 is 1.07 bits per heavy atom. The minimum absolute atomic E-state index is 0.119. The van der Waals surface area contributed by atoms with E-state index >= 15 is 0 Å². The Morgan fingerprint density at radius 2 is 1.86 bits per heavy atom. The van der Waals surface area contributed by atoms with Gasteiger partial charge in [-0.05, 0) is 60.2 Å². The van der Waals surface area contributed by atoms with Crippen LogP contribution in [0.5, 0.6) is 0 Å². The fourth-order valence-electron chi connectivity index (χ4n) is 3.43. The van der Waals surface area contributed by atoms with E-state index in [-0.39, 0.29) is 6.04 Å². The van der Waals surface area contributed by atoms with Crippen molar-refractivity contribution in [2.75, 3.05) is 11.9 Å². The maximum atomic E-state index is 12.8. The molecule has 0 fully saturated rings. The number of alkyl halides is 3. The molecule has 0 radical (unpaired) electrons. The first-order valence-electron chi connectivity index (χ1n) is 8.73. The van der Waals surface area contributed by atoms with Gasteiger partial charge in [0, 0.05) is 43.1 Å². The summed E-state index contributed by atoms with van der Waals surface area (Å²) >= 11 is 5.61. The predicted octanol–water partition coefficient (Wildman–Crippen LogP) is 4.70. The summed E-state index contributed by atoms with van der Waals surface area (Å²) < 4.78 is 40.5. The first-order valence-corrected chi connectivity index (χ1v) is 9.14. The highest BCUT2D eigenvalue weighted by Gasteiger charge is 2.32. The molecule has 1 N–H and O–H groups in total. The van der Waals surface area contributed by atoms with E-state index in [0.29, 0.717) is 17.3 Å². The number of benzene rings is 1. The third-order valence-corrected chi connectivity index (χ3v) is 5.10. The van der Waals surface area contributed by atoms with E-state index in [1.54, 1.807) is 12.4 Å². The van der Waals surface area contributed by atoms with Crippen molar-refractivity contribution < 1.29 is 13.2 Å². The van der Waals surface area contributed by atoms with Crippen LogP contribution in [0, 0.1) is 0 Å². The summed E-state index contributed by atoms with van der Waals surface area (Å²) in [5.74, 6) is 0. The van der Waals surface area contributed by atoms with Crippen LogP contribution in [0.1, 0.15) is 22.9 Å². The summed E-state index contributed by atoms with van der Waals surface area (Å²) in [5.41, 5.74) is 1.92. The van der Waals surface area contributed by atoms with Crippen molar-refractivity contribution in [2.24, 2.45) is 0 Å². The van der Waals surface area contributed by atoms with Gasteiger partial charge in [-0.25, -0.2) is 0 Å². The molecule has 0 saturated heterocycles. The molecule has 28 heavy (non-hydrogen) atoms. The number of nitrogens with zero attached hydrogens (tertiary/aromatic N) is 3. The number of halogens is 3. The minimum atomic E-state index is -4.36. The second-order valence-corrected chi connectivity index (χ2v) is 6.90. The van der Waals surface area contributed by atoms with Gasteiger partial charge in [0.1, 0.15) is 0 Å². The van der Waals surface area contributed by atoms with Gasteiger partial charge >= 0.3 is 6.18 Å². The van der Waals surface area contributed by atoms with Gasteiger partial charge in [0.15, 0.2) is 5.11 Å². The van der Waals surface area contributed by atoms with Gasteiger partial charge in [0.2, 0.25) is 0 Å². The minimum Gasteiger partial charge on any atom is -0.348 e. The maximum absolute atomic E-state index is 12.8. The molecule has 0 bridgehead atoms. The van der Waals surface area contributed by atoms with Gasteiger partial charge < -0.3 is 14.8 Å². The number of hydrogen-bond donors (Lipinski definition) is 1. The van der Waals surface area contributed by atoms with Crippen LogP contribution < -0.4 is 5.32 Å². The third kappa shape index (κ3) is 3.60. The van der Waals surface area contributed by atoms with E-state index < -0.39 is 11.7 Å². The lowest BCUT2D eigenvalue weighted by Crippen LogP contribution is -2.44. The molecular formula is C20H17F3N4S. The first-order chi connectivity index (χ1) is 13.4. The fraction of sp³-hybridized carbons (Fsp3) is 0.200. The molecule has 3 heterocycles. The van der Waals surface area contributed by atoms with Crippen molar-refractivity contribution in [1.82, 2.24) is 14.5 Å². The molecule has 4 rings (SSSR count). The molecule has 0 amide bonds. The van der Waals surface area contributed by atoms with Gasteiger partial charge in [0.05, 0.1) is 11.6 Å². The highest BCUT2D eigenvalue weighted by molar-refractivity contribution is 7.80. The Labute approximate surface area is 165 Å². The van der Waals surface area contributed by atoms with Gasteiger partial charge in [-0.2, -0.15) is 13.2 Å². The Kier molecular flexibility index (Phi) is 4.80. The molecular weight excluding hydrogens is 385 g/mol. The first kappa shape index (κ1) is 18.5. The lowest BCUT2D eigenvalue weighted by molar-refractivity contribution is -0.137. The summed E-state index contributed by atoms with van der Waals surface area (Å²) in [6, 6.07) is 12.7. The van der Waals surface area contributed by atoms with Crippen LogP contribution in [-0.2, 0) is 12.7 Å². The number of pyridine rings is 1. The molecule has 1 aliphatic heterocycles. The topological polar surface area (TPSA) is 33.1 Å². The zero-order valence-corrected chi connectivity index (χ0v) is 15.5. The second kappa shape index (κ2) is 7.27. The molecule has 144 valence electrons. The molecule has 0 spiro atoms. The van der Waals surface area contributed by atoms with Crippen LogP contribution in [0.3, 0.4) is 0 Å². The van der Waals surface area contributed by atoms with Crippen molar-refractivity contribution >= 4 is 23.0 Å². The summed E-state index contributed by atoms with van der Waals surface area (Å²) in [7, 11) is 0. The Morgan fingerprint density at radius 3 is 2.54 bits per heavy atom. The van der Waals surface area contributed by atoms with E-state index in [2.05, 4.69) is 14.9 Å². The molecule has 2 aromatic heterocycles. The van der Waals surface area contributed by atoms with E-state index in [1.807, 2.05) is 35.4 Å². The second-order valence-electron chi connectivity index (χ2n) is 6.51. The highest BCUT2D eigenvalue weighted by Crippen LogP contribution is 2.33. The largest absolute Gasteiger partial charge is 0.416 e. The molecule has 0 aliphatic carbocycles. The summed E-state index contributed by atoms with van der Waals surface area (Å²) in [5, 5.41) is 3.53. The molecule has 8 heteroatoms. The summed E-state index contributed by atoms with van der Waals surface area (Å²) in [6.07, 6.45) is 1.20. The third-order valence-electron chi connectivity index (χ3n) is 4.76. The lowest BCUT2D eigenvalue weighted by Gasteiger charge is -2.38. The van der Waals surface area contributed by atoms with Crippen LogP contribution >= 0.6 is 12.2 Å². The maximum Gasteiger partial charge on any atom is 0.416 e. The van der Waals surface area contributed by atoms with Gasteiger partial charge in [0.25, 0.3) is 0 Å². The number of rotatable bonds is 2. The summed E-state index contributed by atoms with van der Waals surface area (Å²) in [6.45, 7) is 1.45. The smallest absolute Gasteiger partial charge is 0.348 e. The number of thiocarbonyl (C=S) groups is 1. The van der Waals surface area contributed by atoms with Crippen molar-refractivity contribution in [1.29, 1.82) is 0 Å². The normalized spacial score (nSPS) is 16.5. The van der Waals surface area contributed by atoms with E-state index in [4.69, 9.17) is 12.2 Å². The zero-order valence-electron chi connectivity index (χ0n) is 14.7. The average Bonchev–Trinajstić information content (AvgIpc) is 3.16. The Balaban J connectivity index is 1.59. The predicted molar refractivity (Wildman–Crippen MR) is 105 cm³/mol.